The molecule has 410 valence electrons. The smallest absolute Gasteiger partial charge is 0.252 e. The van der Waals surface area contributed by atoms with E-state index in [0.29, 0.717) is 0 Å². The second kappa shape index (κ2) is 15.5. The molecule has 0 N–H and O–H groups in total. The molecule has 5 nitrogen and oxygen atoms in total. The van der Waals surface area contributed by atoms with Gasteiger partial charge in [-0.15, -0.1) is 0 Å². The van der Waals surface area contributed by atoms with Gasteiger partial charge in [0.05, 0.1) is 11.2 Å². The average molecular weight is 1070 g/mol. The van der Waals surface area contributed by atoms with E-state index in [-0.39, 0.29) is 44.7 Å². The van der Waals surface area contributed by atoms with Crippen molar-refractivity contribution in [3.05, 3.63) is 172 Å². The molecule has 2 aromatic heterocycles. The third kappa shape index (κ3) is 6.07. The molecule has 17 rings (SSSR count). The zero-order chi connectivity index (χ0) is 56.3. The average Bonchev–Trinajstić information content (AvgIpc) is 1.32. The van der Waals surface area contributed by atoms with Crippen LogP contribution in [0.1, 0.15) is 179 Å². The third-order valence-corrected chi connectivity index (χ3v) is 23.2. The van der Waals surface area contributed by atoms with Crippen molar-refractivity contribution < 1.29 is 8.83 Å². The van der Waals surface area contributed by atoms with Gasteiger partial charge in [0.2, 0.25) is 0 Å². The Morgan fingerprint density at radius 2 is 1.01 bits per heavy atom. The van der Waals surface area contributed by atoms with E-state index >= 15 is 0 Å². The first-order chi connectivity index (χ1) is 39.0. The summed E-state index contributed by atoms with van der Waals surface area (Å²) in [7, 11) is 0. The normalized spacial score (nSPS) is 23.9. The van der Waals surface area contributed by atoms with Crippen LogP contribution in [0.25, 0.3) is 43.9 Å². The number of hydrogen-bond donors (Lipinski definition) is 0. The van der Waals surface area contributed by atoms with E-state index in [0.717, 1.165) is 82.7 Å². The number of aryl methyl sites for hydroxylation is 1. The van der Waals surface area contributed by atoms with Crippen molar-refractivity contribution in [1.29, 1.82) is 0 Å². The first-order valence-corrected chi connectivity index (χ1v) is 31.0. The van der Waals surface area contributed by atoms with Gasteiger partial charge < -0.3 is 23.5 Å². The Hall–Kier alpha value is -7.18. The fourth-order valence-electron chi connectivity index (χ4n) is 18.1. The summed E-state index contributed by atoms with van der Waals surface area (Å²) < 4.78 is 14.2. The fourth-order valence-corrected chi connectivity index (χ4v) is 18.1. The lowest BCUT2D eigenvalue weighted by molar-refractivity contribution is 0.195. The Morgan fingerprint density at radius 3 is 1.73 bits per heavy atom. The number of para-hydroxylation sites is 3. The molecule has 4 aliphatic heterocycles. The number of anilines is 8. The van der Waals surface area contributed by atoms with Crippen LogP contribution in [0.2, 0.25) is 0 Å². The number of nitrogens with zero attached hydrogens (tertiary/aromatic N) is 3. The highest BCUT2D eigenvalue weighted by Crippen LogP contribution is 2.65. The molecule has 3 atom stereocenters. The molecule has 6 heterocycles. The van der Waals surface area contributed by atoms with Crippen LogP contribution >= 0.6 is 0 Å². The number of rotatable bonds is 1. The first-order valence-electron chi connectivity index (χ1n) is 31.0. The fraction of sp³-hybridized carbons (Fsp3) is 0.368. The SMILES string of the molecule is Cc1cc2c3cc1N1c4cc5oc6ccccc6c5cc4B4c5cc6c(cc5N(c5cccc7c5oc5ccccc57)c5cc(cc1c54)N1c4cc(c(C(C)(C)C)cc4C4(C)CCCCC14C)C3(C)CCC2(C)C)C(C)(C)CCC6(C)C. The van der Waals surface area contributed by atoms with Crippen LogP contribution in [-0.4, -0.2) is 12.3 Å². The topological polar surface area (TPSA) is 36.0 Å². The maximum atomic E-state index is 7.22. The lowest BCUT2D eigenvalue weighted by Gasteiger charge is -2.51. The van der Waals surface area contributed by atoms with Crippen molar-refractivity contribution in [1.82, 2.24) is 0 Å². The van der Waals surface area contributed by atoms with Crippen LogP contribution < -0.4 is 31.1 Å². The van der Waals surface area contributed by atoms with E-state index in [1.165, 1.54) is 119 Å². The minimum absolute atomic E-state index is 0.0104. The van der Waals surface area contributed by atoms with E-state index in [1.807, 2.05) is 0 Å². The summed E-state index contributed by atoms with van der Waals surface area (Å²) in [6.07, 6.45) is 9.15. The van der Waals surface area contributed by atoms with Crippen LogP contribution in [0.5, 0.6) is 0 Å². The molecule has 8 aromatic carbocycles. The lowest BCUT2D eigenvalue weighted by Crippen LogP contribution is -2.62. The van der Waals surface area contributed by atoms with Crippen molar-refractivity contribution >= 4 is 112 Å². The molecular formula is C76H76BN3O2. The van der Waals surface area contributed by atoms with Gasteiger partial charge in [-0.2, -0.15) is 0 Å². The molecule has 0 radical (unpaired) electrons. The molecule has 6 bridgehead atoms. The van der Waals surface area contributed by atoms with E-state index in [9.17, 15) is 0 Å². The summed E-state index contributed by atoms with van der Waals surface area (Å²) in [4.78, 5) is 8.33. The van der Waals surface area contributed by atoms with Gasteiger partial charge in [0.15, 0.2) is 5.58 Å². The molecule has 0 saturated heterocycles. The largest absolute Gasteiger partial charge is 0.456 e. The summed E-state index contributed by atoms with van der Waals surface area (Å²) in [5.74, 6) is 0. The second-order valence-electron chi connectivity index (χ2n) is 30.2. The van der Waals surface area contributed by atoms with Gasteiger partial charge in [0.25, 0.3) is 6.71 Å². The summed E-state index contributed by atoms with van der Waals surface area (Å²) >= 11 is 0. The van der Waals surface area contributed by atoms with E-state index in [4.69, 9.17) is 8.83 Å². The van der Waals surface area contributed by atoms with Crippen LogP contribution in [0.15, 0.2) is 136 Å². The molecule has 1 saturated carbocycles. The van der Waals surface area contributed by atoms with Gasteiger partial charge in [0.1, 0.15) is 16.7 Å². The van der Waals surface area contributed by atoms with Crippen LogP contribution in [0, 0.1) is 6.92 Å². The second-order valence-corrected chi connectivity index (χ2v) is 30.2. The molecule has 7 aliphatic rings. The predicted octanol–water partition coefficient (Wildman–Crippen LogP) is 19.0. The van der Waals surface area contributed by atoms with Crippen molar-refractivity contribution in [3.63, 3.8) is 0 Å². The standard InChI is InChI=1S/C76H76BN3O2/c1-43-33-50-54-40-59(43)79-62-42-67-48(46-22-15-16-25-65(46)81-67)36-56(62)77-57-38-51-52(72(7,8)30-29-71(51,5)6)39-61(57)78(58-24-20-23-47-45-21-14-17-26-66(45)82-69(47)58)63-34-44(35-64(79)68(63)77)80-60-41-53(74(54,11)32-31-73(50,9)10)49(70(2,3)4)37-55(60)75(12)27-18-19-28-76(75,80)13/h14-17,20-26,33-42H,18-19,27-32H2,1-13H3. The summed E-state index contributed by atoms with van der Waals surface area (Å²) in [6, 6.07) is 50.6. The minimum Gasteiger partial charge on any atom is -0.456 e. The Labute approximate surface area is 484 Å². The molecule has 1 fully saturated rings. The highest BCUT2D eigenvalue weighted by atomic mass is 16.3. The zero-order valence-corrected chi connectivity index (χ0v) is 50.5. The van der Waals surface area contributed by atoms with Gasteiger partial charge in [-0.1, -0.05) is 162 Å². The summed E-state index contributed by atoms with van der Waals surface area (Å²) in [5, 5.41) is 4.61. The van der Waals surface area contributed by atoms with Gasteiger partial charge in [-0.25, -0.2) is 0 Å². The van der Waals surface area contributed by atoms with Gasteiger partial charge in [-0.05, 0) is 183 Å². The van der Waals surface area contributed by atoms with Crippen LogP contribution in [0.4, 0.5) is 45.5 Å². The minimum atomic E-state index is -0.261. The van der Waals surface area contributed by atoms with Crippen molar-refractivity contribution in [2.24, 2.45) is 0 Å². The summed E-state index contributed by atoms with van der Waals surface area (Å²) in [6.45, 7) is 32.6. The molecule has 10 aromatic rings. The van der Waals surface area contributed by atoms with Crippen molar-refractivity contribution in [2.45, 2.75) is 179 Å². The predicted molar refractivity (Wildman–Crippen MR) is 345 cm³/mol. The van der Waals surface area contributed by atoms with Gasteiger partial charge in [-0.3, -0.25) is 0 Å². The maximum absolute atomic E-state index is 7.22. The molecule has 3 unspecified atom stereocenters. The van der Waals surface area contributed by atoms with Gasteiger partial charge >= 0.3 is 0 Å². The number of hydrogen-bond acceptors (Lipinski definition) is 5. The monoisotopic (exact) mass is 1070 g/mol. The maximum Gasteiger partial charge on any atom is 0.252 e. The first kappa shape index (κ1) is 49.4. The molecule has 6 heteroatoms. The Morgan fingerprint density at radius 1 is 0.439 bits per heavy atom. The van der Waals surface area contributed by atoms with E-state index in [1.54, 1.807) is 0 Å². The molecule has 3 aliphatic carbocycles. The molecular weight excluding hydrogens is 998 g/mol. The number of furan rings is 2. The van der Waals surface area contributed by atoms with E-state index in [2.05, 4.69) is 232 Å². The Balaban J connectivity index is 1.09. The van der Waals surface area contributed by atoms with Crippen molar-refractivity contribution in [3.8, 4) is 0 Å². The highest BCUT2D eigenvalue weighted by Gasteiger charge is 2.60. The lowest BCUT2D eigenvalue weighted by atomic mass is 9.33. The van der Waals surface area contributed by atoms with E-state index < -0.39 is 0 Å². The Bertz CT molecular complexity index is 4540. The number of benzene rings is 8. The quantitative estimate of drug-likeness (QED) is 0.153. The van der Waals surface area contributed by atoms with Gasteiger partial charge in [0, 0.05) is 78.3 Å². The van der Waals surface area contributed by atoms with Crippen LogP contribution in [0.3, 0.4) is 0 Å². The highest BCUT2D eigenvalue weighted by molar-refractivity contribution is 7.00. The van der Waals surface area contributed by atoms with Crippen LogP contribution in [-0.2, 0) is 32.5 Å². The molecule has 0 spiro atoms. The zero-order valence-electron chi connectivity index (χ0n) is 50.5. The Kier molecular flexibility index (Phi) is 9.36. The third-order valence-electron chi connectivity index (χ3n) is 23.2. The molecule has 0 amide bonds. The number of fused-ring (bicyclic) bond motifs is 21. The molecule has 82 heavy (non-hydrogen) atoms. The summed E-state index contributed by atoms with van der Waals surface area (Å²) in [5.41, 5.74) is 28.5. The van der Waals surface area contributed by atoms with Crippen molar-refractivity contribution in [2.75, 3.05) is 14.7 Å².